The third kappa shape index (κ3) is 3.60. The van der Waals surface area contributed by atoms with Crippen molar-refractivity contribution in [2.75, 3.05) is 10.6 Å². The number of pyridine rings is 1. The Labute approximate surface area is 139 Å². The predicted molar refractivity (Wildman–Crippen MR) is 92.6 cm³/mol. The molecule has 0 radical (unpaired) electrons. The van der Waals surface area contributed by atoms with Gasteiger partial charge in [-0.05, 0) is 44.5 Å². The van der Waals surface area contributed by atoms with Crippen molar-refractivity contribution in [2.45, 2.75) is 20.8 Å². The Morgan fingerprint density at radius 2 is 1.92 bits per heavy atom. The van der Waals surface area contributed by atoms with Crippen LogP contribution in [0.1, 0.15) is 27.4 Å². The molecule has 3 aromatic rings. The molecule has 0 fully saturated rings. The van der Waals surface area contributed by atoms with Crippen LogP contribution in [-0.4, -0.2) is 16.0 Å². The van der Waals surface area contributed by atoms with Gasteiger partial charge in [-0.1, -0.05) is 22.9 Å². The zero-order valence-electron chi connectivity index (χ0n) is 13.8. The summed E-state index contributed by atoms with van der Waals surface area (Å²) in [6.45, 7) is 5.79. The van der Waals surface area contributed by atoms with Gasteiger partial charge in [0.2, 0.25) is 0 Å². The number of hydrogen-bond donors (Lipinski definition) is 2. The minimum Gasteiger partial charge on any atom is -0.360 e. The second-order valence-electron chi connectivity index (χ2n) is 5.65. The number of anilines is 3. The first-order chi connectivity index (χ1) is 11.5. The van der Waals surface area contributed by atoms with E-state index in [1.165, 1.54) is 0 Å². The molecule has 1 aromatic carbocycles. The van der Waals surface area contributed by atoms with Gasteiger partial charge in [-0.15, -0.1) is 0 Å². The van der Waals surface area contributed by atoms with Crippen LogP contribution in [0, 0.1) is 20.8 Å². The van der Waals surface area contributed by atoms with Crippen molar-refractivity contribution < 1.29 is 9.32 Å². The van der Waals surface area contributed by atoms with E-state index >= 15 is 0 Å². The Balaban J connectivity index is 1.76. The number of hydrogen-bond acceptors (Lipinski definition) is 5. The first-order valence-electron chi connectivity index (χ1n) is 7.56. The standard InChI is InChI=1S/C18H18N4O2/c1-11-4-5-15(12(2)8-11)21-18(23)16-10-14(6-7-19-16)20-17-9-13(3)24-22-17/h4-10H,1-3H3,(H,21,23)(H,19,20,22). The number of carbonyl (C=O) groups excluding carboxylic acids is 1. The van der Waals surface area contributed by atoms with Crippen LogP contribution in [-0.2, 0) is 0 Å². The first-order valence-corrected chi connectivity index (χ1v) is 7.56. The first kappa shape index (κ1) is 15.7. The number of carbonyl (C=O) groups is 1. The fraction of sp³-hybridized carbons (Fsp3) is 0.167. The Kier molecular flexibility index (Phi) is 4.29. The van der Waals surface area contributed by atoms with Gasteiger partial charge in [0.15, 0.2) is 5.82 Å². The van der Waals surface area contributed by atoms with Crippen LogP contribution in [0.15, 0.2) is 47.1 Å². The second-order valence-corrected chi connectivity index (χ2v) is 5.65. The second kappa shape index (κ2) is 6.54. The monoisotopic (exact) mass is 322 g/mol. The molecular weight excluding hydrogens is 304 g/mol. The van der Waals surface area contributed by atoms with Crippen LogP contribution in [0.3, 0.4) is 0 Å². The highest BCUT2D eigenvalue weighted by Gasteiger charge is 2.10. The zero-order chi connectivity index (χ0) is 17.1. The fourth-order valence-corrected chi connectivity index (χ4v) is 2.35. The van der Waals surface area contributed by atoms with E-state index in [4.69, 9.17) is 4.52 Å². The van der Waals surface area contributed by atoms with Crippen molar-refractivity contribution in [3.05, 3.63) is 65.2 Å². The lowest BCUT2D eigenvalue weighted by atomic mass is 10.1. The minimum atomic E-state index is -0.262. The Morgan fingerprint density at radius 3 is 2.62 bits per heavy atom. The number of rotatable bonds is 4. The highest BCUT2D eigenvalue weighted by molar-refractivity contribution is 6.03. The molecule has 0 bridgehead atoms. The van der Waals surface area contributed by atoms with E-state index < -0.39 is 0 Å². The van der Waals surface area contributed by atoms with Crippen molar-refractivity contribution in [3.63, 3.8) is 0 Å². The maximum atomic E-state index is 12.4. The van der Waals surface area contributed by atoms with Crippen LogP contribution >= 0.6 is 0 Å². The third-order valence-corrected chi connectivity index (χ3v) is 3.52. The van der Waals surface area contributed by atoms with Crippen LogP contribution in [0.4, 0.5) is 17.2 Å². The van der Waals surface area contributed by atoms with Crippen LogP contribution in [0.5, 0.6) is 0 Å². The molecule has 1 amide bonds. The smallest absolute Gasteiger partial charge is 0.274 e. The van der Waals surface area contributed by atoms with Crippen LogP contribution in [0.25, 0.3) is 0 Å². The summed E-state index contributed by atoms with van der Waals surface area (Å²) in [6, 6.07) is 11.1. The zero-order valence-corrected chi connectivity index (χ0v) is 13.8. The molecule has 0 aliphatic heterocycles. The van der Waals surface area contributed by atoms with E-state index in [0.29, 0.717) is 23.0 Å². The normalized spacial score (nSPS) is 10.5. The summed E-state index contributed by atoms with van der Waals surface area (Å²) in [5.41, 5.74) is 3.97. The molecule has 3 rings (SSSR count). The summed E-state index contributed by atoms with van der Waals surface area (Å²) in [7, 11) is 0. The molecule has 0 aliphatic carbocycles. The maximum absolute atomic E-state index is 12.4. The molecule has 2 aromatic heterocycles. The van der Waals surface area contributed by atoms with E-state index in [0.717, 1.165) is 16.8 Å². The van der Waals surface area contributed by atoms with Gasteiger partial charge in [0.05, 0.1) is 0 Å². The highest BCUT2D eigenvalue weighted by Crippen LogP contribution is 2.19. The summed E-state index contributed by atoms with van der Waals surface area (Å²) in [4.78, 5) is 16.6. The largest absolute Gasteiger partial charge is 0.360 e. The fourth-order valence-electron chi connectivity index (χ4n) is 2.35. The highest BCUT2D eigenvalue weighted by atomic mass is 16.5. The predicted octanol–water partition coefficient (Wildman–Crippen LogP) is 3.99. The van der Waals surface area contributed by atoms with Crippen molar-refractivity contribution >= 4 is 23.1 Å². The molecule has 122 valence electrons. The lowest BCUT2D eigenvalue weighted by Gasteiger charge is -2.09. The summed E-state index contributed by atoms with van der Waals surface area (Å²) in [5, 5.41) is 9.83. The molecule has 0 saturated heterocycles. The summed E-state index contributed by atoms with van der Waals surface area (Å²) >= 11 is 0. The van der Waals surface area contributed by atoms with E-state index in [1.54, 1.807) is 24.4 Å². The SMILES string of the molecule is Cc1ccc(NC(=O)c2cc(Nc3cc(C)on3)ccn2)c(C)c1. The molecular formula is C18H18N4O2. The number of benzene rings is 1. The molecule has 0 spiro atoms. The number of aromatic nitrogens is 2. The van der Waals surface area contributed by atoms with Gasteiger partial charge in [-0.25, -0.2) is 0 Å². The van der Waals surface area contributed by atoms with Crippen molar-refractivity contribution in [2.24, 2.45) is 0 Å². The van der Waals surface area contributed by atoms with Gasteiger partial charge in [0.1, 0.15) is 11.5 Å². The molecule has 0 saturated carbocycles. The van der Waals surface area contributed by atoms with Gasteiger partial charge in [-0.3, -0.25) is 9.78 Å². The number of nitrogens with one attached hydrogen (secondary N) is 2. The van der Waals surface area contributed by atoms with Gasteiger partial charge >= 0.3 is 0 Å². The average Bonchev–Trinajstić information content (AvgIpc) is 2.95. The Hall–Kier alpha value is -3.15. The summed E-state index contributed by atoms with van der Waals surface area (Å²) < 4.78 is 5.01. The molecule has 6 heteroatoms. The van der Waals surface area contributed by atoms with Crippen molar-refractivity contribution in [3.8, 4) is 0 Å². The third-order valence-electron chi connectivity index (χ3n) is 3.52. The van der Waals surface area contributed by atoms with Gasteiger partial charge in [0, 0.05) is 23.6 Å². The van der Waals surface area contributed by atoms with Gasteiger partial charge in [-0.2, -0.15) is 0 Å². The van der Waals surface area contributed by atoms with Gasteiger partial charge in [0.25, 0.3) is 5.91 Å². The van der Waals surface area contributed by atoms with Crippen LogP contribution < -0.4 is 10.6 Å². The van der Waals surface area contributed by atoms with E-state index in [9.17, 15) is 4.79 Å². The topological polar surface area (TPSA) is 80.0 Å². The molecule has 6 nitrogen and oxygen atoms in total. The van der Waals surface area contributed by atoms with Crippen molar-refractivity contribution in [1.82, 2.24) is 10.1 Å². The Morgan fingerprint density at radius 1 is 1.08 bits per heavy atom. The van der Waals surface area contributed by atoms with E-state index in [1.807, 2.05) is 39.0 Å². The molecule has 0 unspecified atom stereocenters. The summed E-state index contributed by atoms with van der Waals surface area (Å²) in [5.74, 6) is 1.03. The maximum Gasteiger partial charge on any atom is 0.274 e. The van der Waals surface area contributed by atoms with Gasteiger partial charge < -0.3 is 15.2 Å². The number of amides is 1. The summed E-state index contributed by atoms with van der Waals surface area (Å²) in [6.07, 6.45) is 1.58. The minimum absolute atomic E-state index is 0.262. The average molecular weight is 322 g/mol. The van der Waals surface area contributed by atoms with E-state index in [-0.39, 0.29) is 5.91 Å². The molecule has 0 aliphatic rings. The molecule has 0 atom stereocenters. The quantitative estimate of drug-likeness (QED) is 0.759. The molecule has 24 heavy (non-hydrogen) atoms. The lowest BCUT2D eigenvalue weighted by molar-refractivity contribution is 0.102. The number of aryl methyl sites for hydroxylation is 3. The van der Waals surface area contributed by atoms with Crippen molar-refractivity contribution in [1.29, 1.82) is 0 Å². The Bertz CT molecular complexity index is 886. The number of nitrogens with zero attached hydrogens (tertiary/aromatic N) is 2. The molecule has 2 N–H and O–H groups in total. The van der Waals surface area contributed by atoms with E-state index in [2.05, 4.69) is 20.8 Å². The lowest BCUT2D eigenvalue weighted by Crippen LogP contribution is -2.14. The molecule has 2 heterocycles. The van der Waals surface area contributed by atoms with Crippen LogP contribution in [0.2, 0.25) is 0 Å².